The van der Waals surface area contributed by atoms with Gasteiger partial charge >= 0.3 is 0 Å². The normalized spacial score (nSPS) is 11.0. The molecule has 0 saturated carbocycles. The van der Waals surface area contributed by atoms with Crippen molar-refractivity contribution in [3.8, 4) is 0 Å². The average molecular weight is 402 g/mol. The minimum Gasteiger partial charge on any atom is -0.412 e. The standard InChI is InChI=1S/4CH4O3S.H2O/c4*1-5(2,3)4;/h4*1H3,(H,2,3,4);1H2. The summed E-state index contributed by atoms with van der Waals surface area (Å²) in [4.78, 5) is 0. The summed E-state index contributed by atoms with van der Waals surface area (Å²) in [6.07, 6.45) is 2.86. The molecule has 0 aliphatic heterocycles. The summed E-state index contributed by atoms with van der Waals surface area (Å²) in [5.74, 6) is 0. The highest BCUT2D eigenvalue weighted by molar-refractivity contribution is 7.85. The van der Waals surface area contributed by atoms with Crippen LogP contribution in [0.3, 0.4) is 0 Å². The zero-order valence-corrected chi connectivity index (χ0v) is 14.5. The van der Waals surface area contributed by atoms with E-state index in [-0.39, 0.29) is 5.48 Å². The Labute approximate surface area is 123 Å². The summed E-state index contributed by atoms with van der Waals surface area (Å²) >= 11 is 0. The highest BCUT2D eigenvalue weighted by Crippen LogP contribution is 1.61. The Balaban J connectivity index is -0.0000000533. The summed E-state index contributed by atoms with van der Waals surface area (Å²) in [6.45, 7) is 0. The highest BCUT2D eigenvalue weighted by Gasteiger charge is 1.82. The molecule has 0 unspecified atom stereocenters. The van der Waals surface area contributed by atoms with E-state index in [1.165, 1.54) is 0 Å². The third-order valence-corrected chi connectivity index (χ3v) is 0. The second-order valence-electron chi connectivity index (χ2n) is 2.93. The fraction of sp³-hybridized carbons (Fsp3) is 1.00. The quantitative estimate of drug-likeness (QED) is 0.300. The van der Waals surface area contributed by atoms with Crippen LogP contribution >= 0.6 is 0 Å². The van der Waals surface area contributed by atoms with E-state index in [0.717, 1.165) is 0 Å². The molecule has 0 spiro atoms. The summed E-state index contributed by atoms with van der Waals surface area (Å²) in [5.41, 5.74) is 0. The molecular formula is C4H18O13S4. The lowest BCUT2D eigenvalue weighted by atomic mass is 12.0. The summed E-state index contributed by atoms with van der Waals surface area (Å²) in [5, 5.41) is 0. The molecule has 0 aromatic heterocycles. The van der Waals surface area contributed by atoms with Crippen LogP contribution in [0.25, 0.3) is 0 Å². The monoisotopic (exact) mass is 402 g/mol. The van der Waals surface area contributed by atoms with Gasteiger partial charge in [0.1, 0.15) is 0 Å². The van der Waals surface area contributed by atoms with E-state index in [2.05, 4.69) is 0 Å². The Kier molecular flexibility index (Phi) is 18.9. The lowest BCUT2D eigenvalue weighted by Gasteiger charge is -1.69. The molecule has 17 heteroatoms. The Hall–Kier alpha value is -0.400. The van der Waals surface area contributed by atoms with Crippen molar-refractivity contribution in [3.05, 3.63) is 0 Å². The zero-order chi connectivity index (χ0) is 18.0. The molecule has 0 heterocycles. The van der Waals surface area contributed by atoms with Gasteiger partial charge in [-0.25, -0.2) is 0 Å². The Morgan fingerprint density at radius 2 is 0.429 bits per heavy atom. The van der Waals surface area contributed by atoms with E-state index in [0.29, 0.717) is 25.0 Å². The van der Waals surface area contributed by atoms with Crippen molar-refractivity contribution in [2.45, 2.75) is 0 Å². The van der Waals surface area contributed by atoms with Gasteiger partial charge in [0, 0.05) is 0 Å². The smallest absolute Gasteiger partial charge is 0.261 e. The van der Waals surface area contributed by atoms with Gasteiger partial charge in [-0.2, -0.15) is 33.7 Å². The molecule has 0 radical (unpaired) electrons. The van der Waals surface area contributed by atoms with Crippen molar-refractivity contribution < 1.29 is 57.4 Å². The van der Waals surface area contributed by atoms with Crippen LogP contribution in [-0.4, -0.2) is 82.4 Å². The van der Waals surface area contributed by atoms with E-state index < -0.39 is 40.5 Å². The lowest BCUT2D eigenvalue weighted by Crippen LogP contribution is -1.88. The summed E-state index contributed by atoms with van der Waals surface area (Å²) in [6, 6.07) is 0. The first-order valence-corrected chi connectivity index (χ1v) is 11.1. The molecule has 0 fully saturated rings. The SMILES string of the molecule is CS(=O)(=O)O.CS(=O)(=O)O.CS(=O)(=O)O.CS(=O)(=O)O.O. The molecule has 0 rings (SSSR count). The van der Waals surface area contributed by atoms with Crippen molar-refractivity contribution in [1.82, 2.24) is 0 Å². The van der Waals surface area contributed by atoms with Crippen LogP contribution in [0.4, 0.5) is 0 Å². The first kappa shape index (κ1) is 32.5. The molecule has 136 valence electrons. The number of hydrogen-bond acceptors (Lipinski definition) is 8. The van der Waals surface area contributed by atoms with Gasteiger partial charge in [0.15, 0.2) is 0 Å². The second-order valence-corrected chi connectivity index (χ2v) is 8.80. The molecule has 0 aromatic rings. The summed E-state index contributed by atoms with van der Waals surface area (Å²) in [7, 11) is -14.7. The van der Waals surface area contributed by atoms with Crippen LogP contribution in [0.15, 0.2) is 0 Å². The summed E-state index contributed by atoms with van der Waals surface area (Å²) < 4.78 is 103. The Bertz CT molecular complexity index is 481. The van der Waals surface area contributed by atoms with Crippen molar-refractivity contribution in [2.24, 2.45) is 0 Å². The van der Waals surface area contributed by atoms with Gasteiger partial charge in [-0.3, -0.25) is 18.2 Å². The maximum absolute atomic E-state index is 9.19. The Morgan fingerprint density at radius 1 is 0.429 bits per heavy atom. The Morgan fingerprint density at radius 3 is 0.429 bits per heavy atom. The predicted molar refractivity (Wildman–Crippen MR) is 73.5 cm³/mol. The van der Waals surface area contributed by atoms with Gasteiger partial charge in [0.05, 0.1) is 25.0 Å². The number of rotatable bonds is 0. The van der Waals surface area contributed by atoms with Crippen molar-refractivity contribution in [1.29, 1.82) is 0 Å². The average Bonchev–Trinajstić information content (AvgIpc) is 1.62. The van der Waals surface area contributed by atoms with Crippen molar-refractivity contribution >= 4 is 40.5 Å². The van der Waals surface area contributed by atoms with Gasteiger partial charge in [0.2, 0.25) is 0 Å². The lowest BCUT2D eigenvalue weighted by molar-refractivity contribution is 0.488. The molecule has 0 aliphatic rings. The maximum atomic E-state index is 9.19. The molecule has 6 N–H and O–H groups in total. The fourth-order valence-corrected chi connectivity index (χ4v) is 0. The first-order chi connectivity index (χ1) is 8.00. The van der Waals surface area contributed by atoms with Crippen molar-refractivity contribution in [3.63, 3.8) is 0 Å². The first-order valence-electron chi connectivity index (χ1n) is 3.70. The minimum absolute atomic E-state index is 0. The van der Waals surface area contributed by atoms with Crippen LogP contribution in [0.1, 0.15) is 0 Å². The molecule has 13 nitrogen and oxygen atoms in total. The number of hydrogen-bond donors (Lipinski definition) is 4. The minimum atomic E-state index is -3.67. The van der Waals surface area contributed by atoms with Crippen LogP contribution in [0.5, 0.6) is 0 Å². The highest BCUT2D eigenvalue weighted by atomic mass is 32.2. The topological polar surface area (TPSA) is 249 Å². The molecule has 0 aliphatic carbocycles. The van der Waals surface area contributed by atoms with Crippen LogP contribution < -0.4 is 0 Å². The molecule has 21 heavy (non-hydrogen) atoms. The predicted octanol–water partition coefficient (Wildman–Crippen LogP) is -2.81. The van der Waals surface area contributed by atoms with Gasteiger partial charge in [-0.15, -0.1) is 0 Å². The third-order valence-electron chi connectivity index (χ3n) is 0. The zero-order valence-electron chi connectivity index (χ0n) is 11.2. The third kappa shape index (κ3) is 37900. The molecule has 0 amide bonds. The van der Waals surface area contributed by atoms with Gasteiger partial charge in [-0.1, -0.05) is 0 Å². The van der Waals surface area contributed by atoms with E-state index in [9.17, 15) is 33.7 Å². The second kappa shape index (κ2) is 12.2. The van der Waals surface area contributed by atoms with Gasteiger partial charge in [0.25, 0.3) is 40.5 Å². The van der Waals surface area contributed by atoms with E-state index >= 15 is 0 Å². The van der Waals surface area contributed by atoms with Crippen LogP contribution in [-0.2, 0) is 40.5 Å². The van der Waals surface area contributed by atoms with E-state index in [1.807, 2.05) is 0 Å². The van der Waals surface area contributed by atoms with E-state index in [1.54, 1.807) is 0 Å². The van der Waals surface area contributed by atoms with Crippen molar-refractivity contribution in [2.75, 3.05) is 25.0 Å². The molecular weight excluding hydrogens is 384 g/mol. The maximum Gasteiger partial charge on any atom is 0.261 e. The molecule has 0 aromatic carbocycles. The van der Waals surface area contributed by atoms with Crippen LogP contribution in [0.2, 0.25) is 0 Å². The van der Waals surface area contributed by atoms with Gasteiger partial charge < -0.3 is 5.48 Å². The molecule has 0 saturated heterocycles. The van der Waals surface area contributed by atoms with Gasteiger partial charge in [-0.05, 0) is 0 Å². The van der Waals surface area contributed by atoms with Crippen LogP contribution in [0, 0.1) is 0 Å². The molecule has 0 bridgehead atoms. The largest absolute Gasteiger partial charge is 0.412 e. The molecule has 0 atom stereocenters. The van der Waals surface area contributed by atoms with E-state index in [4.69, 9.17) is 18.2 Å². The fourth-order valence-electron chi connectivity index (χ4n) is 0.